The van der Waals surface area contributed by atoms with Crippen molar-refractivity contribution >= 4 is 39.2 Å². The molecule has 2 amide bonds. The zero-order valence-corrected chi connectivity index (χ0v) is 21.8. The van der Waals surface area contributed by atoms with Gasteiger partial charge in [-0.1, -0.05) is 12.1 Å². The van der Waals surface area contributed by atoms with Gasteiger partial charge in [0.1, 0.15) is 12.2 Å². The lowest BCUT2D eigenvalue weighted by molar-refractivity contribution is -0.122. The molecule has 39 heavy (non-hydrogen) atoms. The number of imidazole rings is 1. The number of anilines is 1. The number of carbonyl (C=O) groups is 1. The van der Waals surface area contributed by atoms with Gasteiger partial charge in [-0.25, -0.2) is 22.5 Å². The summed E-state index contributed by atoms with van der Waals surface area (Å²) in [6.45, 7) is -0.539. The number of amides is 2. The molecule has 1 aliphatic heterocycles. The van der Waals surface area contributed by atoms with E-state index in [9.17, 15) is 26.4 Å². The number of halogens is 3. The third-order valence-electron chi connectivity index (χ3n) is 6.27. The third-order valence-corrected chi connectivity index (χ3v) is 7.57. The number of allylic oxidation sites excluding steroid dienone is 1. The number of urea groups is 1. The lowest BCUT2D eigenvalue weighted by atomic mass is 10.1. The van der Waals surface area contributed by atoms with E-state index in [-0.39, 0.29) is 6.04 Å². The molecule has 0 saturated carbocycles. The fourth-order valence-corrected chi connectivity index (χ4v) is 5.13. The Kier molecular flexibility index (Phi) is 8.25. The average molecular weight is 564 g/mol. The van der Waals surface area contributed by atoms with Crippen molar-refractivity contribution in [3.63, 3.8) is 0 Å². The molecule has 1 fully saturated rings. The van der Waals surface area contributed by atoms with Crippen LogP contribution in [0.4, 0.5) is 23.7 Å². The molecular formula is C25H28F3N7O3S. The number of hydrogen-bond donors (Lipinski definition) is 4. The average Bonchev–Trinajstić information content (AvgIpc) is 3.31. The van der Waals surface area contributed by atoms with Crippen LogP contribution in [0, 0.1) is 5.41 Å². The highest BCUT2D eigenvalue weighted by Crippen LogP contribution is 2.25. The second-order valence-electron chi connectivity index (χ2n) is 9.14. The van der Waals surface area contributed by atoms with E-state index in [0.717, 1.165) is 5.56 Å². The summed E-state index contributed by atoms with van der Waals surface area (Å²) in [5.41, 5.74) is 3.70. The quantitative estimate of drug-likeness (QED) is 0.311. The summed E-state index contributed by atoms with van der Waals surface area (Å²) in [7, 11) is -3.20. The van der Waals surface area contributed by atoms with Gasteiger partial charge in [-0.15, -0.1) is 0 Å². The molecule has 10 nitrogen and oxygen atoms in total. The second kappa shape index (κ2) is 11.5. The normalized spacial score (nSPS) is 15.7. The molecule has 3 aromatic rings. The molecule has 1 aromatic carbocycles. The fraction of sp³-hybridized carbons (Fsp3) is 0.320. The Morgan fingerprint density at radius 2 is 1.95 bits per heavy atom. The van der Waals surface area contributed by atoms with Gasteiger partial charge in [-0.2, -0.15) is 13.2 Å². The van der Waals surface area contributed by atoms with Crippen LogP contribution in [0.5, 0.6) is 0 Å². The highest BCUT2D eigenvalue weighted by Gasteiger charge is 2.27. The van der Waals surface area contributed by atoms with Gasteiger partial charge in [0.15, 0.2) is 0 Å². The summed E-state index contributed by atoms with van der Waals surface area (Å²) in [5.74, 6) is 0. The van der Waals surface area contributed by atoms with Crippen molar-refractivity contribution in [3.05, 3.63) is 60.6 Å². The molecule has 0 aliphatic carbocycles. The van der Waals surface area contributed by atoms with Crippen molar-refractivity contribution in [2.24, 2.45) is 0 Å². The molecule has 2 aromatic heterocycles. The molecule has 4 rings (SSSR count). The number of benzene rings is 1. The molecule has 208 valence electrons. The number of aromatic nitrogens is 2. The standard InChI is InChI=1S/C25H28F3N7O3S/c1-39(37,38)34-8-6-20(7-9-34)30-14-19(13-29)17-5-10-35-22(15-31-23(35)12-17)18-3-2-4-21(11-18)33-24(36)32-16-25(26,27)28/h2-5,10-15,20,29-30H,6-9,16H2,1H3,(H2,32,33,36)/b19-14+,29-13?. The van der Waals surface area contributed by atoms with E-state index in [1.807, 2.05) is 16.5 Å². The highest BCUT2D eigenvalue weighted by molar-refractivity contribution is 7.88. The van der Waals surface area contributed by atoms with Gasteiger partial charge in [-0.3, -0.25) is 4.40 Å². The molecule has 1 aliphatic rings. The van der Waals surface area contributed by atoms with Gasteiger partial charge in [0, 0.05) is 54.6 Å². The van der Waals surface area contributed by atoms with Gasteiger partial charge in [0.05, 0.1) is 18.1 Å². The summed E-state index contributed by atoms with van der Waals surface area (Å²) in [4.78, 5) is 16.3. The Morgan fingerprint density at radius 1 is 1.21 bits per heavy atom. The number of alkyl halides is 3. The largest absolute Gasteiger partial charge is 0.405 e. The SMILES string of the molecule is CS(=O)(=O)N1CCC(N/C=C(\C=N)c2ccn3c(-c4cccc(NC(=O)NCC(F)(F)F)c4)cnc3c2)CC1. The minimum absolute atomic E-state index is 0.0936. The predicted molar refractivity (Wildman–Crippen MR) is 143 cm³/mol. The number of nitrogens with zero attached hydrogens (tertiary/aromatic N) is 3. The molecule has 0 atom stereocenters. The predicted octanol–water partition coefficient (Wildman–Crippen LogP) is 3.69. The van der Waals surface area contributed by atoms with Crippen LogP contribution in [0.15, 0.2) is 55.0 Å². The molecular weight excluding hydrogens is 535 g/mol. The zero-order valence-electron chi connectivity index (χ0n) is 21.0. The first-order valence-corrected chi connectivity index (χ1v) is 13.9. The first kappa shape index (κ1) is 28.1. The van der Waals surface area contributed by atoms with E-state index in [0.29, 0.717) is 54.1 Å². The van der Waals surface area contributed by atoms with Crippen molar-refractivity contribution in [3.8, 4) is 11.3 Å². The van der Waals surface area contributed by atoms with E-state index in [2.05, 4.69) is 15.6 Å². The second-order valence-corrected chi connectivity index (χ2v) is 11.1. The van der Waals surface area contributed by atoms with E-state index < -0.39 is 28.8 Å². The van der Waals surface area contributed by atoms with Crippen molar-refractivity contribution < 1.29 is 26.4 Å². The number of piperidine rings is 1. The summed E-state index contributed by atoms with van der Waals surface area (Å²) in [6, 6.07) is 9.44. The van der Waals surface area contributed by atoms with Gasteiger partial charge in [0.25, 0.3) is 0 Å². The van der Waals surface area contributed by atoms with Crippen LogP contribution in [0.25, 0.3) is 22.5 Å². The maximum Gasteiger partial charge on any atom is 0.405 e. The molecule has 1 saturated heterocycles. The summed E-state index contributed by atoms with van der Waals surface area (Å²) in [6.07, 6.45) is 4.45. The first-order valence-electron chi connectivity index (χ1n) is 12.0. The lowest BCUT2D eigenvalue weighted by Crippen LogP contribution is -2.43. The molecule has 0 bridgehead atoms. The lowest BCUT2D eigenvalue weighted by Gasteiger charge is -2.30. The number of sulfonamides is 1. The molecule has 0 unspecified atom stereocenters. The van der Waals surface area contributed by atoms with Crippen molar-refractivity contribution in [2.75, 3.05) is 31.2 Å². The molecule has 4 N–H and O–H groups in total. The summed E-state index contributed by atoms with van der Waals surface area (Å²) in [5, 5.41) is 15.3. The van der Waals surface area contributed by atoms with Crippen LogP contribution >= 0.6 is 0 Å². The Balaban J connectivity index is 1.46. The van der Waals surface area contributed by atoms with Gasteiger partial charge in [-0.05, 0) is 42.7 Å². The van der Waals surface area contributed by atoms with Crippen LogP contribution in [0.1, 0.15) is 18.4 Å². The number of hydrogen-bond acceptors (Lipinski definition) is 6. The van der Waals surface area contributed by atoms with Crippen LogP contribution in [-0.2, 0) is 10.0 Å². The fourth-order valence-electron chi connectivity index (χ4n) is 4.26. The molecule has 14 heteroatoms. The number of carbonyl (C=O) groups excluding carboxylic acids is 1. The van der Waals surface area contributed by atoms with Crippen molar-refractivity contribution in [2.45, 2.75) is 25.1 Å². The molecule has 0 radical (unpaired) electrons. The minimum Gasteiger partial charge on any atom is -0.388 e. The minimum atomic E-state index is -4.50. The Bertz CT molecular complexity index is 1490. The molecule has 0 spiro atoms. The molecule has 3 heterocycles. The van der Waals surface area contributed by atoms with Gasteiger partial charge < -0.3 is 21.4 Å². The Morgan fingerprint density at radius 3 is 2.62 bits per heavy atom. The number of fused-ring (bicyclic) bond motifs is 1. The first-order chi connectivity index (χ1) is 18.4. The summed E-state index contributed by atoms with van der Waals surface area (Å²) < 4.78 is 63.7. The van der Waals surface area contributed by atoms with E-state index in [1.165, 1.54) is 16.8 Å². The van der Waals surface area contributed by atoms with Gasteiger partial charge >= 0.3 is 12.2 Å². The number of nitrogens with one attached hydrogen (secondary N) is 4. The van der Waals surface area contributed by atoms with Crippen LogP contribution < -0.4 is 16.0 Å². The number of rotatable bonds is 8. The van der Waals surface area contributed by atoms with E-state index in [4.69, 9.17) is 5.41 Å². The topological polar surface area (TPSA) is 132 Å². The highest BCUT2D eigenvalue weighted by atomic mass is 32.2. The smallest absolute Gasteiger partial charge is 0.388 e. The van der Waals surface area contributed by atoms with Crippen LogP contribution in [0.2, 0.25) is 0 Å². The number of pyridine rings is 1. The maximum absolute atomic E-state index is 12.3. The van der Waals surface area contributed by atoms with Crippen LogP contribution in [0.3, 0.4) is 0 Å². The third kappa shape index (κ3) is 7.35. The Hall–Kier alpha value is -3.91. The van der Waals surface area contributed by atoms with Crippen LogP contribution in [-0.4, -0.2) is 72.5 Å². The maximum atomic E-state index is 12.3. The zero-order chi connectivity index (χ0) is 28.2. The van der Waals surface area contributed by atoms with Crippen molar-refractivity contribution in [1.82, 2.24) is 24.3 Å². The van der Waals surface area contributed by atoms with E-state index in [1.54, 1.807) is 48.2 Å². The monoisotopic (exact) mass is 563 g/mol. The summed E-state index contributed by atoms with van der Waals surface area (Å²) >= 11 is 0. The Labute approximate surface area is 223 Å². The van der Waals surface area contributed by atoms with Gasteiger partial charge in [0.2, 0.25) is 10.0 Å². The van der Waals surface area contributed by atoms with E-state index >= 15 is 0 Å². The van der Waals surface area contributed by atoms with Crippen molar-refractivity contribution in [1.29, 1.82) is 5.41 Å².